The quantitative estimate of drug-likeness (QED) is 0.689. The predicted molar refractivity (Wildman–Crippen MR) is 74.5 cm³/mol. The molecule has 1 amide bonds. The van der Waals surface area contributed by atoms with Gasteiger partial charge >= 0.3 is 11.9 Å². The van der Waals surface area contributed by atoms with Crippen LogP contribution in [-0.2, 0) is 9.59 Å². The van der Waals surface area contributed by atoms with Crippen LogP contribution in [0.4, 0.5) is 4.39 Å². The van der Waals surface area contributed by atoms with Crippen molar-refractivity contribution >= 4 is 33.8 Å². The number of hydrogen-bond donors (Lipinski definition) is 3. The number of benzene rings is 1. The number of amides is 1. The van der Waals surface area contributed by atoms with Gasteiger partial charge in [0.25, 0.3) is 5.91 Å². The van der Waals surface area contributed by atoms with E-state index in [1.54, 1.807) is 0 Å². The van der Waals surface area contributed by atoms with Gasteiger partial charge in [-0.1, -0.05) is 6.07 Å². The molecule has 0 spiro atoms. The van der Waals surface area contributed by atoms with Crippen LogP contribution in [0.2, 0.25) is 0 Å². The van der Waals surface area contributed by atoms with Gasteiger partial charge in [0.15, 0.2) is 0 Å². The summed E-state index contributed by atoms with van der Waals surface area (Å²) in [6, 6.07) is 2.67. The molecular weight excluding hydrogens is 349 g/mol. The van der Waals surface area contributed by atoms with Crippen molar-refractivity contribution < 1.29 is 29.0 Å². The summed E-state index contributed by atoms with van der Waals surface area (Å²) < 4.78 is 13.8. The monoisotopic (exact) mass is 361 g/mol. The second kappa shape index (κ2) is 7.72. The van der Waals surface area contributed by atoms with Crippen LogP contribution >= 0.6 is 15.9 Å². The Morgan fingerprint density at radius 1 is 1.29 bits per heavy atom. The zero-order chi connectivity index (χ0) is 16.0. The van der Waals surface area contributed by atoms with Gasteiger partial charge in [-0.25, -0.2) is 9.18 Å². The predicted octanol–water partition coefficient (Wildman–Crippen LogP) is 2.03. The Kier molecular flexibility index (Phi) is 6.29. The van der Waals surface area contributed by atoms with Crippen LogP contribution < -0.4 is 5.32 Å². The molecule has 1 rings (SSSR count). The van der Waals surface area contributed by atoms with Gasteiger partial charge in [0, 0.05) is 10.9 Å². The van der Waals surface area contributed by atoms with Crippen molar-refractivity contribution in [1.29, 1.82) is 0 Å². The molecule has 0 saturated carbocycles. The van der Waals surface area contributed by atoms with E-state index in [0.717, 1.165) is 6.07 Å². The minimum Gasteiger partial charge on any atom is -0.481 e. The first-order chi connectivity index (χ1) is 9.82. The van der Waals surface area contributed by atoms with E-state index in [4.69, 9.17) is 10.2 Å². The van der Waals surface area contributed by atoms with Gasteiger partial charge in [0.1, 0.15) is 11.9 Å². The minimum atomic E-state index is -1.30. The Morgan fingerprint density at radius 3 is 2.48 bits per heavy atom. The largest absolute Gasteiger partial charge is 0.481 e. The molecule has 0 heterocycles. The van der Waals surface area contributed by atoms with Crippen molar-refractivity contribution in [3.05, 3.63) is 34.1 Å². The van der Waals surface area contributed by atoms with Crippen LogP contribution in [0.1, 0.15) is 29.6 Å². The lowest BCUT2D eigenvalue weighted by Gasteiger charge is -2.15. The average Bonchev–Trinajstić information content (AvgIpc) is 2.36. The van der Waals surface area contributed by atoms with E-state index in [-0.39, 0.29) is 29.3 Å². The lowest BCUT2D eigenvalue weighted by atomic mass is 10.1. The van der Waals surface area contributed by atoms with E-state index in [2.05, 4.69) is 21.2 Å². The zero-order valence-corrected chi connectivity index (χ0v) is 12.4. The highest BCUT2D eigenvalue weighted by Gasteiger charge is 2.23. The zero-order valence-electron chi connectivity index (χ0n) is 10.8. The summed E-state index contributed by atoms with van der Waals surface area (Å²) in [6.45, 7) is 0. The van der Waals surface area contributed by atoms with Crippen molar-refractivity contribution in [1.82, 2.24) is 5.32 Å². The molecule has 0 aliphatic heterocycles. The van der Waals surface area contributed by atoms with Crippen LogP contribution in [0.3, 0.4) is 0 Å². The Labute approximate surface area is 128 Å². The number of rotatable bonds is 7. The third-order valence-corrected chi connectivity index (χ3v) is 3.34. The maximum absolute atomic E-state index is 13.6. The average molecular weight is 362 g/mol. The van der Waals surface area contributed by atoms with Gasteiger partial charge in [0.2, 0.25) is 0 Å². The first-order valence-corrected chi connectivity index (χ1v) is 6.81. The number of carboxylic acids is 2. The summed E-state index contributed by atoms with van der Waals surface area (Å²) in [5.74, 6) is -4.01. The summed E-state index contributed by atoms with van der Waals surface area (Å²) >= 11 is 3.02. The molecule has 0 saturated heterocycles. The van der Waals surface area contributed by atoms with Gasteiger partial charge in [-0.05, 0) is 40.9 Å². The molecule has 0 bridgehead atoms. The molecule has 8 heteroatoms. The van der Waals surface area contributed by atoms with Crippen LogP contribution in [0.5, 0.6) is 0 Å². The number of carboxylic acid groups (broad SMARTS) is 2. The topological polar surface area (TPSA) is 104 Å². The fourth-order valence-corrected chi connectivity index (χ4v) is 2.18. The molecule has 0 unspecified atom stereocenters. The highest BCUT2D eigenvalue weighted by atomic mass is 79.9. The Balaban J connectivity index is 2.77. The molecule has 6 nitrogen and oxygen atoms in total. The molecule has 0 aliphatic rings. The first kappa shape index (κ1) is 17.1. The molecule has 21 heavy (non-hydrogen) atoms. The van der Waals surface area contributed by atoms with Gasteiger partial charge in [-0.3, -0.25) is 9.59 Å². The summed E-state index contributed by atoms with van der Waals surface area (Å²) in [5, 5.41) is 19.7. The summed E-state index contributed by atoms with van der Waals surface area (Å²) in [5.41, 5.74) is -0.290. The number of carbonyl (C=O) groups is 3. The molecule has 0 radical (unpaired) electrons. The molecule has 3 N–H and O–H groups in total. The summed E-state index contributed by atoms with van der Waals surface area (Å²) in [6.07, 6.45) is -0.173. The summed E-state index contributed by atoms with van der Waals surface area (Å²) in [7, 11) is 0. The number of aliphatic carboxylic acids is 2. The van der Waals surface area contributed by atoms with E-state index in [1.807, 2.05) is 0 Å². The SMILES string of the molecule is O=C(O)CCC[C@@H](NC(=O)c1c(F)cccc1Br)C(=O)O. The normalized spacial score (nSPS) is 11.7. The molecule has 0 aliphatic carbocycles. The number of halogens is 2. The highest BCUT2D eigenvalue weighted by molar-refractivity contribution is 9.10. The second-order valence-electron chi connectivity index (χ2n) is 4.25. The van der Waals surface area contributed by atoms with Crippen LogP contribution in [0.15, 0.2) is 22.7 Å². The van der Waals surface area contributed by atoms with Gasteiger partial charge < -0.3 is 15.5 Å². The molecule has 1 atom stereocenters. The Hall–Kier alpha value is -1.96. The molecule has 0 aromatic heterocycles. The lowest BCUT2D eigenvalue weighted by Crippen LogP contribution is -2.41. The van der Waals surface area contributed by atoms with E-state index in [1.165, 1.54) is 12.1 Å². The fraction of sp³-hybridized carbons (Fsp3) is 0.308. The lowest BCUT2D eigenvalue weighted by molar-refractivity contribution is -0.140. The van der Waals surface area contributed by atoms with Crippen molar-refractivity contribution in [2.75, 3.05) is 0 Å². The van der Waals surface area contributed by atoms with E-state index >= 15 is 0 Å². The van der Waals surface area contributed by atoms with Gasteiger partial charge in [0.05, 0.1) is 5.56 Å². The number of nitrogens with one attached hydrogen (secondary N) is 1. The van der Waals surface area contributed by atoms with Gasteiger partial charge in [-0.15, -0.1) is 0 Å². The number of hydrogen-bond acceptors (Lipinski definition) is 3. The van der Waals surface area contributed by atoms with Crippen molar-refractivity contribution in [3.63, 3.8) is 0 Å². The minimum absolute atomic E-state index is 0.0561. The molecule has 1 aromatic rings. The molecule has 1 aromatic carbocycles. The smallest absolute Gasteiger partial charge is 0.326 e. The maximum atomic E-state index is 13.6. The molecular formula is C13H13BrFNO5. The van der Waals surface area contributed by atoms with E-state index in [0.29, 0.717) is 0 Å². The van der Waals surface area contributed by atoms with Crippen molar-refractivity contribution in [2.45, 2.75) is 25.3 Å². The summed E-state index contributed by atoms with van der Waals surface area (Å²) in [4.78, 5) is 33.4. The van der Waals surface area contributed by atoms with Crippen LogP contribution in [-0.4, -0.2) is 34.1 Å². The van der Waals surface area contributed by atoms with Crippen LogP contribution in [0.25, 0.3) is 0 Å². The fourth-order valence-electron chi connectivity index (χ4n) is 1.66. The third kappa shape index (κ3) is 5.14. The second-order valence-corrected chi connectivity index (χ2v) is 5.10. The van der Waals surface area contributed by atoms with Crippen LogP contribution in [0, 0.1) is 5.82 Å². The highest BCUT2D eigenvalue weighted by Crippen LogP contribution is 2.19. The van der Waals surface area contributed by atoms with E-state index < -0.39 is 29.7 Å². The van der Waals surface area contributed by atoms with Gasteiger partial charge in [-0.2, -0.15) is 0 Å². The standard InChI is InChI=1S/C13H13BrFNO5/c14-7-3-1-4-8(15)11(7)12(19)16-9(13(20)21)5-2-6-10(17)18/h1,3-4,9H,2,5-6H2,(H,16,19)(H,17,18)(H,20,21)/t9-/m1/s1. The van der Waals surface area contributed by atoms with E-state index in [9.17, 15) is 18.8 Å². The van der Waals surface area contributed by atoms with Crippen molar-refractivity contribution in [2.24, 2.45) is 0 Å². The van der Waals surface area contributed by atoms with Crippen molar-refractivity contribution in [3.8, 4) is 0 Å². The Morgan fingerprint density at radius 2 is 1.95 bits per heavy atom. The molecule has 0 fully saturated rings. The number of carbonyl (C=O) groups excluding carboxylic acids is 1. The maximum Gasteiger partial charge on any atom is 0.326 e. The molecule has 114 valence electrons. The third-order valence-electron chi connectivity index (χ3n) is 2.68. The Bertz CT molecular complexity index is 543. The first-order valence-electron chi connectivity index (χ1n) is 6.02.